The lowest BCUT2D eigenvalue weighted by molar-refractivity contribution is -0.325. The molecule has 0 radical (unpaired) electrons. The van der Waals surface area contributed by atoms with E-state index < -0.39 is 48.0 Å². The highest BCUT2D eigenvalue weighted by molar-refractivity contribution is 6.32. The SMILES string of the molecule is COc1cn(C(CCOC(F)(F)F)C(=O)OC(C)(C)C)c(=O)cc1C1=CC(Cl)=CCC1(C)c1cnco1. The van der Waals surface area contributed by atoms with Gasteiger partial charge in [0.1, 0.15) is 23.2 Å². The van der Waals surface area contributed by atoms with Crippen molar-refractivity contribution in [3.8, 4) is 5.75 Å². The molecule has 0 amide bonds. The predicted molar refractivity (Wildman–Crippen MR) is 129 cm³/mol. The number of carbonyl (C=O) groups is 1. The van der Waals surface area contributed by atoms with Gasteiger partial charge in [-0.2, -0.15) is 0 Å². The van der Waals surface area contributed by atoms with Crippen molar-refractivity contribution in [2.45, 2.75) is 64.0 Å². The molecule has 0 saturated carbocycles. The number of pyridine rings is 1. The Kier molecular flexibility index (Phi) is 8.28. The maximum atomic E-state index is 13.3. The van der Waals surface area contributed by atoms with Gasteiger partial charge in [-0.25, -0.2) is 9.78 Å². The van der Waals surface area contributed by atoms with Crippen LogP contribution in [0.25, 0.3) is 5.57 Å². The Labute approximate surface area is 216 Å². The third-order valence-electron chi connectivity index (χ3n) is 5.78. The van der Waals surface area contributed by atoms with Gasteiger partial charge in [-0.3, -0.25) is 14.1 Å². The average Bonchev–Trinajstić information content (AvgIpc) is 3.32. The molecule has 37 heavy (non-hydrogen) atoms. The molecule has 2 unspecified atom stereocenters. The first-order chi connectivity index (χ1) is 17.1. The molecule has 2 aromatic heterocycles. The zero-order chi connectivity index (χ0) is 27.6. The number of alkyl halides is 3. The Morgan fingerprint density at radius 2 is 2.03 bits per heavy atom. The topological polar surface area (TPSA) is 92.8 Å². The van der Waals surface area contributed by atoms with E-state index in [0.717, 1.165) is 4.57 Å². The summed E-state index contributed by atoms with van der Waals surface area (Å²) in [5.41, 5.74) is -1.38. The highest BCUT2D eigenvalue weighted by atomic mass is 35.5. The third kappa shape index (κ3) is 6.84. The number of hydrogen-bond acceptors (Lipinski definition) is 7. The van der Waals surface area contributed by atoms with E-state index in [1.54, 1.807) is 39.1 Å². The molecule has 2 aromatic rings. The molecule has 0 bridgehead atoms. The van der Waals surface area contributed by atoms with Gasteiger partial charge in [0.25, 0.3) is 5.56 Å². The minimum absolute atomic E-state index is 0.188. The summed E-state index contributed by atoms with van der Waals surface area (Å²) in [5, 5.41) is 0.439. The van der Waals surface area contributed by atoms with Crippen molar-refractivity contribution in [1.29, 1.82) is 0 Å². The highest BCUT2D eigenvalue weighted by Gasteiger charge is 2.39. The predicted octanol–water partition coefficient (Wildman–Crippen LogP) is 5.52. The van der Waals surface area contributed by atoms with Gasteiger partial charge in [0.15, 0.2) is 6.39 Å². The van der Waals surface area contributed by atoms with Crippen molar-refractivity contribution in [2.24, 2.45) is 0 Å². The van der Waals surface area contributed by atoms with E-state index >= 15 is 0 Å². The van der Waals surface area contributed by atoms with Gasteiger partial charge in [-0.15, -0.1) is 13.2 Å². The van der Waals surface area contributed by atoms with Crippen LogP contribution >= 0.6 is 11.6 Å². The van der Waals surface area contributed by atoms with Crippen LogP contribution in [0.5, 0.6) is 5.75 Å². The first-order valence-electron chi connectivity index (χ1n) is 11.4. The summed E-state index contributed by atoms with van der Waals surface area (Å²) in [6, 6.07) is -0.155. The smallest absolute Gasteiger partial charge is 0.495 e. The first-order valence-corrected chi connectivity index (χ1v) is 11.7. The molecular formula is C25H28ClF3N2O6. The number of ether oxygens (including phenoxy) is 3. The average molecular weight is 545 g/mol. The van der Waals surface area contributed by atoms with E-state index in [4.69, 9.17) is 25.5 Å². The summed E-state index contributed by atoms with van der Waals surface area (Å²) in [7, 11) is 1.37. The number of methoxy groups -OCH3 is 1. The first kappa shape index (κ1) is 28.5. The summed E-state index contributed by atoms with van der Waals surface area (Å²) >= 11 is 6.31. The molecule has 0 saturated heterocycles. The maximum absolute atomic E-state index is 13.3. The second-order valence-corrected chi connectivity index (χ2v) is 10.1. The lowest BCUT2D eigenvalue weighted by atomic mass is 9.72. The number of rotatable bonds is 8. The van der Waals surface area contributed by atoms with E-state index in [1.807, 2.05) is 6.92 Å². The summed E-state index contributed by atoms with van der Waals surface area (Å²) in [6.45, 7) is 5.86. The van der Waals surface area contributed by atoms with Crippen LogP contribution in [0.4, 0.5) is 13.2 Å². The third-order valence-corrected chi connectivity index (χ3v) is 6.05. The van der Waals surface area contributed by atoms with E-state index in [0.29, 0.717) is 28.3 Å². The van der Waals surface area contributed by atoms with Gasteiger partial charge in [0.05, 0.1) is 31.5 Å². The van der Waals surface area contributed by atoms with Crippen LogP contribution in [-0.4, -0.2) is 41.2 Å². The van der Waals surface area contributed by atoms with Crippen molar-refractivity contribution in [1.82, 2.24) is 9.55 Å². The lowest BCUT2D eigenvalue weighted by Crippen LogP contribution is -2.36. The van der Waals surface area contributed by atoms with Crippen molar-refractivity contribution < 1.29 is 36.6 Å². The summed E-state index contributed by atoms with van der Waals surface area (Å²) < 4.78 is 59.1. The maximum Gasteiger partial charge on any atom is 0.522 e. The van der Waals surface area contributed by atoms with Gasteiger partial charge < -0.3 is 13.9 Å². The van der Waals surface area contributed by atoms with Crippen molar-refractivity contribution in [2.75, 3.05) is 13.7 Å². The zero-order valence-corrected chi connectivity index (χ0v) is 21.8. The second kappa shape index (κ2) is 10.7. The zero-order valence-electron chi connectivity index (χ0n) is 21.0. The second-order valence-electron chi connectivity index (χ2n) is 9.68. The van der Waals surface area contributed by atoms with Gasteiger partial charge in [-0.1, -0.05) is 17.7 Å². The van der Waals surface area contributed by atoms with Crippen molar-refractivity contribution in [3.05, 3.63) is 63.7 Å². The molecule has 1 aliphatic rings. The lowest BCUT2D eigenvalue weighted by Gasteiger charge is -2.33. The standard InChI is InChI=1S/C25H28ClF3N2O6/c1-23(2,3)37-22(33)18(7-9-36-25(27,28)29)31-13-19(34-5)16(11-21(31)32)17-10-15(26)6-8-24(17,4)20-12-30-14-35-20/h6,10-14,18H,7-9H2,1-5H3. The van der Waals surface area contributed by atoms with Crippen LogP contribution in [0.1, 0.15) is 57.9 Å². The van der Waals surface area contributed by atoms with E-state index in [-0.39, 0.29) is 5.75 Å². The van der Waals surface area contributed by atoms with E-state index in [1.165, 1.54) is 25.8 Å². The van der Waals surface area contributed by atoms with Gasteiger partial charge in [0.2, 0.25) is 0 Å². The van der Waals surface area contributed by atoms with Gasteiger partial charge >= 0.3 is 12.3 Å². The molecule has 0 aromatic carbocycles. The van der Waals surface area contributed by atoms with Gasteiger partial charge in [0, 0.05) is 23.1 Å². The van der Waals surface area contributed by atoms with E-state index in [2.05, 4.69) is 9.72 Å². The highest BCUT2D eigenvalue weighted by Crippen LogP contribution is 2.47. The Hall–Kier alpha value is -3.05. The minimum Gasteiger partial charge on any atom is -0.495 e. The molecule has 2 heterocycles. The number of halogens is 4. The largest absolute Gasteiger partial charge is 0.522 e. The van der Waals surface area contributed by atoms with Crippen LogP contribution in [-0.2, 0) is 19.7 Å². The molecule has 12 heteroatoms. The summed E-state index contributed by atoms with van der Waals surface area (Å²) in [5.74, 6) is -0.167. The van der Waals surface area contributed by atoms with Crippen LogP contribution in [0, 0.1) is 0 Å². The molecule has 1 aliphatic carbocycles. The van der Waals surface area contributed by atoms with Crippen molar-refractivity contribution >= 4 is 23.1 Å². The summed E-state index contributed by atoms with van der Waals surface area (Å²) in [6.07, 6.45) is 2.69. The molecule has 0 aliphatic heterocycles. The number of nitrogens with zero attached hydrogens (tertiary/aromatic N) is 2. The Balaban J connectivity index is 2.10. The number of aromatic nitrogens is 2. The Morgan fingerprint density at radius 3 is 2.59 bits per heavy atom. The Bertz CT molecular complexity index is 1240. The van der Waals surface area contributed by atoms with Crippen LogP contribution < -0.4 is 10.3 Å². The van der Waals surface area contributed by atoms with E-state index in [9.17, 15) is 22.8 Å². The fourth-order valence-corrected chi connectivity index (χ4v) is 4.22. The van der Waals surface area contributed by atoms with Crippen molar-refractivity contribution in [3.63, 3.8) is 0 Å². The molecular weight excluding hydrogens is 517 g/mol. The molecule has 0 spiro atoms. The van der Waals surface area contributed by atoms with Crippen LogP contribution in [0.3, 0.4) is 0 Å². The minimum atomic E-state index is -4.89. The van der Waals surface area contributed by atoms with Crippen LogP contribution in [0.2, 0.25) is 0 Å². The molecule has 0 fully saturated rings. The molecule has 202 valence electrons. The number of allylic oxidation sites excluding steroid dienone is 4. The van der Waals surface area contributed by atoms with Gasteiger partial charge in [-0.05, 0) is 45.8 Å². The van der Waals surface area contributed by atoms with Crippen LogP contribution in [0.15, 0.2) is 51.2 Å². The Morgan fingerprint density at radius 1 is 1.32 bits per heavy atom. The molecule has 2 atom stereocenters. The fraction of sp³-hybridized carbons (Fsp3) is 0.480. The molecule has 0 N–H and O–H groups in total. The number of oxazole rings is 1. The monoisotopic (exact) mass is 544 g/mol. The molecule has 3 rings (SSSR count). The number of hydrogen-bond donors (Lipinski definition) is 0. The molecule has 8 nitrogen and oxygen atoms in total. The number of carbonyl (C=O) groups excluding carboxylic acids is 1. The quantitative estimate of drug-likeness (QED) is 0.404. The number of esters is 1. The normalized spacial score (nSPS) is 19.2. The summed E-state index contributed by atoms with van der Waals surface area (Å²) in [4.78, 5) is 30.3. The fourth-order valence-electron chi connectivity index (χ4n) is 4.04.